The number of hydrogen-bond donors (Lipinski definition) is 2. The smallest absolute Gasteiger partial charge is 0.251 e. The van der Waals surface area contributed by atoms with Gasteiger partial charge in [0, 0.05) is 17.5 Å². The standard InChI is InChI=1S/C25H30N2O6/c1-16-20(26-24(28)18-9-5-3-6-10-18)14-30-22(32-16)13-23-31-15-21(17(2)33-23)27-25(29)19-11-7-4-8-12-19/h3-12,16-17,20-23H,13-15H2,1-2H3,(H,26,28)(H,27,29)/t16-,17+,20-,21+,22-,23-/m0/s1. The Balaban J connectivity index is 1.21. The minimum absolute atomic E-state index is 0.158. The maximum Gasteiger partial charge on any atom is 0.251 e. The fourth-order valence-corrected chi connectivity index (χ4v) is 3.84. The van der Waals surface area contributed by atoms with Crippen LogP contribution in [0.1, 0.15) is 41.0 Å². The Hall–Kier alpha value is -2.78. The molecular weight excluding hydrogens is 424 g/mol. The van der Waals surface area contributed by atoms with Crippen molar-refractivity contribution in [2.45, 2.75) is 57.1 Å². The Morgan fingerprint density at radius 1 is 0.727 bits per heavy atom. The first-order valence-electron chi connectivity index (χ1n) is 11.3. The van der Waals surface area contributed by atoms with Crippen LogP contribution in [-0.4, -0.2) is 61.9 Å². The van der Waals surface area contributed by atoms with Crippen molar-refractivity contribution < 1.29 is 28.5 Å². The first-order valence-corrected chi connectivity index (χ1v) is 11.3. The van der Waals surface area contributed by atoms with Gasteiger partial charge in [0.15, 0.2) is 12.6 Å². The molecule has 0 spiro atoms. The molecule has 0 bridgehead atoms. The molecule has 2 heterocycles. The van der Waals surface area contributed by atoms with Crippen molar-refractivity contribution in [1.29, 1.82) is 0 Å². The molecule has 2 aromatic rings. The second kappa shape index (κ2) is 10.9. The summed E-state index contributed by atoms with van der Waals surface area (Å²) in [6.45, 7) is 4.49. The van der Waals surface area contributed by atoms with Crippen molar-refractivity contribution in [3.8, 4) is 0 Å². The Kier molecular flexibility index (Phi) is 7.72. The molecule has 2 aromatic carbocycles. The van der Waals surface area contributed by atoms with Crippen LogP contribution < -0.4 is 10.6 Å². The third-order valence-corrected chi connectivity index (χ3v) is 5.88. The Labute approximate surface area is 193 Å². The molecule has 8 nitrogen and oxygen atoms in total. The van der Waals surface area contributed by atoms with Crippen LogP contribution in [0.3, 0.4) is 0 Å². The minimum atomic E-state index is -0.502. The van der Waals surface area contributed by atoms with Gasteiger partial charge in [0.25, 0.3) is 11.8 Å². The first kappa shape index (κ1) is 23.4. The SMILES string of the molecule is C[C@@H]1O[C@@H](C[C@H]2OC[C@@H](NC(=O)c3ccccc3)[C@@H](C)O2)OC[C@@H]1NC(=O)c1ccccc1. The largest absolute Gasteiger partial charge is 0.350 e. The molecule has 0 unspecified atom stereocenters. The maximum atomic E-state index is 12.4. The lowest BCUT2D eigenvalue weighted by Crippen LogP contribution is -2.54. The van der Waals surface area contributed by atoms with Crippen molar-refractivity contribution in [2.75, 3.05) is 13.2 Å². The van der Waals surface area contributed by atoms with Gasteiger partial charge in [-0.25, -0.2) is 0 Å². The van der Waals surface area contributed by atoms with Gasteiger partial charge in [-0.2, -0.15) is 0 Å². The lowest BCUT2D eigenvalue weighted by molar-refractivity contribution is -0.277. The number of carbonyl (C=O) groups excluding carboxylic acids is 2. The van der Waals surface area contributed by atoms with Crippen molar-refractivity contribution in [2.24, 2.45) is 0 Å². The van der Waals surface area contributed by atoms with E-state index in [-0.39, 0.29) is 36.1 Å². The van der Waals surface area contributed by atoms with Gasteiger partial charge >= 0.3 is 0 Å². The number of nitrogens with one attached hydrogen (secondary N) is 2. The van der Waals surface area contributed by atoms with E-state index in [2.05, 4.69) is 10.6 Å². The van der Waals surface area contributed by atoms with Crippen LogP contribution in [0.15, 0.2) is 60.7 Å². The summed E-state index contributed by atoms with van der Waals surface area (Å²) in [5.41, 5.74) is 1.19. The maximum absolute atomic E-state index is 12.4. The van der Waals surface area contributed by atoms with E-state index in [4.69, 9.17) is 18.9 Å². The lowest BCUT2D eigenvalue weighted by Gasteiger charge is -2.39. The average molecular weight is 455 g/mol. The van der Waals surface area contributed by atoms with Gasteiger partial charge < -0.3 is 29.6 Å². The summed E-state index contributed by atoms with van der Waals surface area (Å²) in [6, 6.07) is 17.6. The van der Waals surface area contributed by atoms with Crippen LogP contribution in [0.25, 0.3) is 0 Å². The molecular formula is C25H30N2O6. The van der Waals surface area contributed by atoms with Gasteiger partial charge in [-0.3, -0.25) is 9.59 Å². The Morgan fingerprint density at radius 2 is 1.12 bits per heavy atom. The molecule has 0 aliphatic carbocycles. The molecule has 33 heavy (non-hydrogen) atoms. The van der Waals surface area contributed by atoms with Crippen molar-refractivity contribution >= 4 is 11.8 Å². The van der Waals surface area contributed by atoms with E-state index in [1.807, 2.05) is 50.2 Å². The summed E-state index contributed by atoms with van der Waals surface area (Å²) in [5.74, 6) is -0.316. The molecule has 0 saturated carbocycles. The van der Waals surface area contributed by atoms with Gasteiger partial charge in [0.1, 0.15) is 0 Å². The fraction of sp³-hybridized carbons (Fsp3) is 0.440. The lowest BCUT2D eigenvalue weighted by atomic mass is 10.1. The summed E-state index contributed by atoms with van der Waals surface area (Å²) in [5, 5.41) is 5.92. The summed E-state index contributed by atoms with van der Waals surface area (Å²) >= 11 is 0. The van der Waals surface area contributed by atoms with Crippen molar-refractivity contribution in [1.82, 2.24) is 10.6 Å². The normalized spacial score (nSPS) is 29.8. The number of amides is 2. The predicted molar refractivity (Wildman–Crippen MR) is 121 cm³/mol. The molecule has 8 heteroatoms. The highest BCUT2D eigenvalue weighted by atomic mass is 16.7. The zero-order valence-electron chi connectivity index (χ0n) is 18.8. The highest BCUT2D eigenvalue weighted by Gasteiger charge is 2.36. The van der Waals surface area contributed by atoms with Gasteiger partial charge in [-0.1, -0.05) is 36.4 Å². The van der Waals surface area contributed by atoms with E-state index >= 15 is 0 Å². The zero-order chi connectivity index (χ0) is 23.2. The van der Waals surface area contributed by atoms with Crippen molar-refractivity contribution in [3.05, 3.63) is 71.8 Å². The third-order valence-electron chi connectivity index (χ3n) is 5.88. The highest BCUT2D eigenvalue weighted by molar-refractivity contribution is 5.94. The number of carbonyl (C=O) groups is 2. The van der Waals surface area contributed by atoms with Gasteiger partial charge in [-0.15, -0.1) is 0 Å². The third kappa shape index (κ3) is 6.17. The molecule has 2 aliphatic heterocycles. The number of ether oxygens (including phenoxy) is 4. The Bertz CT molecular complexity index is 850. The van der Waals surface area contributed by atoms with Gasteiger partial charge in [-0.05, 0) is 38.1 Å². The van der Waals surface area contributed by atoms with Crippen LogP contribution in [0, 0.1) is 0 Å². The first-order chi connectivity index (χ1) is 16.0. The Morgan fingerprint density at radius 3 is 1.48 bits per heavy atom. The number of rotatable bonds is 6. The number of hydrogen-bond acceptors (Lipinski definition) is 6. The van der Waals surface area contributed by atoms with E-state index in [1.54, 1.807) is 24.3 Å². The second-order valence-corrected chi connectivity index (χ2v) is 8.34. The average Bonchev–Trinajstić information content (AvgIpc) is 2.83. The molecule has 0 aromatic heterocycles. The summed E-state index contributed by atoms with van der Waals surface area (Å²) in [7, 11) is 0. The minimum Gasteiger partial charge on any atom is -0.350 e. The van der Waals surface area contributed by atoms with E-state index in [0.717, 1.165) is 0 Å². The summed E-state index contributed by atoms with van der Waals surface area (Å²) in [6.07, 6.45) is -1.06. The van der Waals surface area contributed by atoms with E-state index < -0.39 is 12.6 Å². The molecule has 2 saturated heterocycles. The van der Waals surface area contributed by atoms with Crippen LogP contribution in [0.5, 0.6) is 0 Å². The fourth-order valence-electron chi connectivity index (χ4n) is 3.84. The molecule has 176 valence electrons. The molecule has 2 fully saturated rings. The molecule has 0 radical (unpaired) electrons. The number of benzene rings is 2. The van der Waals surface area contributed by atoms with E-state index in [9.17, 15) is 9.59 Å². The van der Waals surface area contributed by atoms with Crippen LogP contribution in [-0.2, 0) is 18.9 Å². The summed E-state index contributed by atoms with van der Waals surface area (Å²) < 4.78 is 23.5. The quantitative estimate of drug-likeness (QED) is 0.697. The summed E-state index contributed by atoms with van der Waals surface area (Å²) in [4.78, 5) is 24.8. The van der Waals surface area contributed by atoms with Crippen molar-refractivity contribution in [3.63, 3.8) is 0 Å². The molecule has 6 atom stereocenters. The predicted octanol–water partition coefficient (Wildman–Crippen LogP) is 2.50. The molecule has 2 amide bonds. The van der Waals surface area contributed by atoms with Gasteiger partial charge in [0.05, 0.1) is 37.5 Å². The molecule has 2 N–H and O–H groups in total. The van der Waals surface area contributed by atoms with E-state index in [1.165, 1.54) is 0 Å². The highest BCUT2D eigenvalue weighted by Crippen LogP contribution is 2.23. The van der Waals surface area contributed by atoms with Crippen LogP contribution in [0.2, 0.25) is 0 Å². The van der Waals surface area contributed by atoms with Gasteiger partial charge in [0.2, 0.25) is 0 Å². The topological polar surface area (TPSA) is 95.1 Å². The van der Waals surface area contributed by atoms with E-state index in [0.29, 0.717) is 30.8 Å². The second-order valence-electron chi connectivity index (χ2n) is 8.34. The van der Waals surface area contributed by atoms with Crippen LogP contribution >= 0.6 is 0 Å². The zero-order valence-corrected chi connectivity index (χ0v) is 18.8. The molecule has 2 aliphatic rings. The monoisotopic (exact) mass is 454 g/mol. The van der Waals surface area contributed by atoms with Crippen LogP contribution in [0.4, 0.5) is 0 Å². The molecule has 4 rings (SSSR count).